The molecule has 1 saturated heterocycles. The molecule has 36 heavy (non-hydrogen) atoms. The van der Waals surface area contributed by atoms with Gasteiger partial charge in [-0.2, -0.15) is 4.31 Å². The summed E-state index contributed by atoms with van der Waals surface area (Å²) in [6.45, 7) is 0.155. The summed E-state index contributed by atoms with van der Waals surface area (Å²) >= 11 is 0. The number of rotatable bonds is 6. The summed E-state index contributed by atoms with van der Waals surface area (Å²) in [5, 5.41) is 2.92. The predicted molar refractivity (Wildman–Crippen MR) is 130 cm³/mol. The van der Waals surface area contributed by atoms with Gasteiger partial charge in [0, 0.05) is 25.2 Å². The zero-order valence-electron chi connectivity index (χ0n) is 19.9. The van der Waals surface area contributed by atoms with Crippen LogP contribution in [0.15, 0.2) is 59.5 Å². The van der Waals surface area contributed by atoms with Crippen LogP contribution in [-0.4, -0.2) is 61.0 Å². The third-order valence-electron chi connectivity index (χ3n) is 6.56. The van der Waals surface area contributed by atoms with Crippen LogP contribution in [0.1, 0.15) is 37.7 Å². The molecule has 11 heteroatoms. The predicted octanol–water partition coefficient (Wildman–Crippen LogP) is 2.57. The average Bonchev–Trinajstić information content (AvgIpc) is 2.89. The quantitative estimate of drug-likeness (QED) is 0.606. The van der Waals surface area contributed by atoms with Gasteiger partial charge in [-0.1, -0.05) is 30.3 Å². The van der Waals surface area contributed by atoms with Crippen LogP contribution in [0, 0.1) is 5.82 Å². The smallest absolute Gasteiger partial charge is 0.411 e. The Balaban J connectivity index is 1.59. The van der Waals surface area contributed by atoms with Gasteiger partial charge in [0.2, 0.25) is 10.0 Å². The van der Waals surface area contributed by atoms with Gasteiger partial charge < -0.3 is 15.8 Å². The standard InChI is InChI=1S/C25H31FN4O5S/c26-19-7-13-22(14-8-19)36(33,34)30-16-4-15-29(25(32)35-17-18-5-2-1-3-6-18)24(30)23(31)28-21-11-9-20(27)10-12-21/h1-3,5-8,13-14,20-21,24H,4,9-12,15-17,27H2,(H,28,31). The van der Waals surface area contributed by atoms with E-state index >= 15 is 0 Å². The second kappa shape index (κ2) is 11.4. The first kappa shape index (κ1) is 26.1. The molecule has 4 rings (SSSR count). The lowest BCUT2D eigenvalue weighted by molar-refractivity contribution is -0.132. The zero-order chi connectivity index (χ0) is 25.7. The Labute approximate surface area is 210 Å². The Morgan fingerprint density at radius 2 is 1.67 bits per heavy atom. The molecule has 1 unspecified atom stereocenters. The lowest BCUT2D eigenvalue weighted by atomic mass is 9.92. The molecule has 2 aromatic rings. The van der Waals surface area contributed by atoms with Crippen LogP contribution >= 0.6 is 0 Å². The average molecular weight is 519 g/mol. The number of benzene rings is 2. The highest BCUT2D eigenvalue weighted by atomic mass is 32.2. The highest BCUT2D eigenvalue weighted by Gasteiger charge is 2.45. The first-order valence-electron chi connectivity index (χ1n) is 12.1. The van der Waals surface area contributed by atoms with E-state index in [-0.39, 0.29) is 36.7 Å². The lowest BCUT2D eigenvalue weighted by Crippen LogP contribution is -2.64. The van der Waals surface area contributed by atoms with Crippen LogP contribution in [0.4, 0.5) is 9.18 Å². The van der Waals surface area contributed by atoms with E-state index in [2.05, 4.69) is 5.32 Å². The third kappa shape index (κ3) is 6.03. The maximum Gasteiger partial charge on any atom is 0.411 e. The third-order valence-corrected chi connectivity index (χ3v) is 8.43. The molecular weight excluding hydrogens is 487 g/mol. The minimum absolute atomic E-state index is 0.0181. The number of sulfonamides is 1. The summed E-state index contributed by atoms with van der Waals surface area (Å²) < 4.78 is 47.0. The number of hydrogen-bond acceptors (Lipinski definition) is 6. The Morgan fingerprint density at radius 1 is 1.00 bits per heavy atom. The van der Waals surface area contributed by atoms with E-state index < -0.39 is 34.0 Å². The van der Waals surface area contributed by atoms with Gasteiger partial charge in [0.1, 0.15) is 12.4 Å². The van der Waals surface area contributed by atoms with Crippen molar-refractivity contribution in [2.24, 2.45) is 5.73 Å². The van der Waals surface area contributed by atoms with Gasteiger partial charge in [-0.05, 0) is 61.9 Å². The van der Waals surface area contributed by atoms with Gasteiger partial charge in [-0.3, -0.25) is 9.69 Å². The van der Waals surface area contributed by atoms with Crippen molar-refractivity contribution < 1.29 is 27.1 Å². The van der Waals surface area contributed by atoms with Gasteiger partial charge in [-0.15, -0.1) is 0 Å². The second-order valence-electron chi connectivity index (χ2n) is 9.15. The molecule has 2 amide bonds. The Morgan fingerprint density at radius 3 is 2.33 bits per heavy atom. The fraction of sp³-hybridized carbons (Fsp3) is 0.440. The fourth-order valence-electron chi connectivity index (χ4n) is 4.60. The molecule has 9 nitrogen and oxygen atoms in total. The minimum Gasteiger partial charge on any atom is -0.444 e. The molecule has 3 N–H and O–H groups in total. The molecule has 2 fully saturated rings. The Hall–Kier alpha value is -3.02. The Kier molecular flexibility index (Phi) is 8.22. The molecule has 2 aromatic carbocycles. The molecule has 0 radical (unpaired) electrons. The number of carbonyl (C=O) groups is 2. The number of amides is 2. The summed E-state index contributed by atoms with van der Waals surface area (Å²) in [5.41, 5.74) is 6.73. The molecule has 194 valence electrons. The molecular formula is C25H31FN4O5S. The SMILES string of the molecule is NC1CCC(NC(=O)C2N(C(=O)OCc3ccccc3)CCCN2S(=O)(=O)c2ccc(F)cc2)CC1. The van der Waals surface area contributed by atoms with Crippen LogP contribution in [0.2, 0.25) is 0 Å². The zero-order valence-corrected chi connectivity index (χ0v) is 20.7. The summed E-state index contributed by atoms with van der Waals surface area (Å²) in [7, 11) is -4.22. The van der Waals surface area contributed by atoms with E-state index in [1.54, 1.807) is 12.1 Å². The van der Waals surface area contributed by atoms with Gasteiger partial charge in [-0.25, -0.2) is 17.6 Å². The van der Waals surface area contributed by atoms with Crippen molar-refractivity contribution in [3.63, 3.8) is 0 Å². The van der Waals surface area contributed by atoms with Crippen LogP contribution < -0.4 is 11.1 Å². The van der Waals surface area contributed by atoms with Crippen molar-refractivity contribution in [2.75, 3.05) is 13.1 Å². The van der Waals surface area contributed by atoms with Crippen molar-refractivity contribution in [2.45, 2.75) is 61.9 Å². The summed E-state index contributed by atoms with van der Waals surface area (Å²) in [6.07, 6.45) is 0.914. The van der Waals surface area contributed by atoms with Crippen molar-refractivity contribution in [3.05, 3.63) is 66.0 Å². The number of halogens is 1. The molecule has 1 saturated carbocycles. The molecule has 2 aliphatic rings. The van der Waals surface area contributed by atoms with Crippen LogP contribution in [0.3, 0.4) is 0 Å². The maximum atomic E-state index is 13.5. The molecule has 0 bridgehead atoms. The highest BCUT2D eigenvalue weighted by Crippen LogP contribution is 2.26. The van der Waals surface area contributed by atoms with Crippen molar-refractivity contribution in [1.82, 2.24) is 14.5 Å². The number of hydrogen-bond donors (Lipinski definition) is 2. The number of carbonyl (C=O) groups excluding carboxylic acids is 2. The highest BCUT2D eigenvalue weighted by molar-refractivity contribution is 7.89. The number of nitrogens with two attached hydrogens (primary N) is 1. The van der Waals surface area contributed by atoms with E-state index in [0.29, 0.717) is 19.3 Å². The van der Waals surface area contributed by atoms with Crippen molar-refractivity contribution >= 4 is 22.0 Å². The number of nitrogens with zero attached hydrogens (tertiary/aromatic N) is 2. The lowest BCUT2D eigenvalue weighted by Gasteiger charge is -2.41. The maximum absolute atomic E-state index is 13.5. The summed E-state index contributed by atoms with van der Waals surface area (Å²) in [6, 6.07) is 13.4. The molecule has 1 atom stereocenters. The molecule has 0 aromatic heterocycles. The molecule has 1 heterocycles. The first-order valence-corrected chi connectivity index (χ1v) is 13.5. The Bertz CT molecular complexity index is 1150. The van der Waals surface area contributed by atoms with Gasteiger partial charge in [0.05, 0.1) is 4.90 Å². The molecule has 1 aliphatic heterocycles. The first-order chi connectivity index (χ1) is 17.3. The monoisotopic (exact) mass is 518 g/mol. The van der Waals surface area contributed by atoms with Crippen LogP contribution in [-0.2, 0) is 26.2 Å². The van der Waals surface area contributed by atoms with E-state index in [0.717, 1.165) is 51.9 Å². The van der Waals surface area contributed by atoms with Crippen molar-refractivity contribution in [1.29, 1.82) is 0 Å². The van der Waals surface area contributed by atoms with E-state index in [1.165, 1.54) is 0 Å². The summed E-state index contributed by atoms with van der Waals surface area (Å²) in [4.78, 5) is 27.6. The largest absolute Gasteiger partial charge is 0.444 e. The van der Waals surface area contributed by atoms with E-state index in [4.69, 9.17) is 10.5 Å². The number of nitrogens with one attached hydrogen (secondary N) is 1. The second-order valence-corrected chi connectivity index (χ2v) is 11.0. The fourth-order valence-corrected chi connectivity index (χ4v) is 6.19. The topological polar surface area (TPSA) is 122 Å². The van der Waals surface area contributed by atoms with E-state index in [9.17, 15) is 22.4 Å². The van der Waals surface area contributed by atoms with Gasteiger partial charge in [0.25, 0.3) is 5.91 Å². The normalized spacial score (nSPS) is 23.2. The van der Waals surface area contributed by atoms with Crippen LogP contribution in [0.5, 0.6) is 0 Å². The molecule has 0 spiro atoms. The van der Waals surface area contributed by atoms with Gasteiger partial charge in [0.15, 0.2) is 6.17 Å². The number of ether oxygens (including phenoxy) is 1. The summed E-state index contributed by atoms with van der Waals surface area (Å²) in [5.74, 6) is -1.18. The minimum atomic E-state index is -4.22. The van der Waals surface area contributed by atoms with Gasteiger partial charge >= 0.3 is 6.09 Å². The van der Waals surface area contributed by atoms with E-state index in [1.807, 2.05) is 18.2 Å². The van der Waals surface area contributed by atoms with Crippen molar-refractivity contribution in [3.8, 4) is 0 Å². The molecule has 1 aliphatic carbocycles. The van der Waals surface area contributed by atoms with Crippen LogP contribution in [0.25, 0.3) is 0 Å².